The molecule has 5 rings (SSSR count). The molecular formula is C22H22FNO3. The van der Waals surface area contributed by atoms with Crippen molar-refractivity contribution in [1.29, 1.82) is 0 Å². The molecule has 1 amide bonds. The average molecular weight is 367 g/mol. The lowest BCUT2D eigenvalue weighted by molar-refractivity contribution is -0.124. The topological polar surface area (TPSA) is 47.6 Å². The molecule has 1 aliphatic heterocycles. The molecule has 2 aromatic carbocycles. The number of carbonyl (C=O) groups is 1. The molecule has 27 heavy (non-hydrogen) atoms. The van der Waals surface area contributed by atoms with Gasteiger partial charge in [-0.15, -0.1) is 0 Å². The molecule has 2 fully saturated rings. The first-order valence-electron chi connectivity index (χ1n) is 9.68. The summed E-state index contributed by atoms with van der Waals surface area (Å²) in [6.45, 7) is 0. The molecule has 0 atom stereocenters. The highest BCUT2D eigenvalue weighted by Gasteiger charge is 2.46. The first kappa shape index (κ1) is 16.6. The Balaban J connectivity index is 1.36. The molecule has 0 radical (unpaired) electrons. The Hall–Kier alpha value is -2.56. The molecule has 1 N–H and O–H groups in total. The highest BCUT2D eigenvalue weighted by molar-refractivity contribution is 6.00. The SMILES string of the molecule is O=C(Nc1ccc2c(c1)OC1(CCCC1)O2)C1(c2ccc(F)cc2)CCC1. The third kappa shape index (κ3) is 2.68. The van der Waals surface area contributed by atoms with Crippen LogP contribution in [0.3, 0.4) is 0 Å². The Morgan fingerprint density at radius 3 is 2.26 bits per heavy atom. The summed E-state index contributed by atoms with van der Waals surface area (Å²) in [5.74, 6) is 0.597. The minimum atomic E-state index is -0.573. The van der Waals surface area contributed by atoms with Gasteiger partial charge in [0.2, 0.25) is 5.91 Å². The summed E-state index contributed by atoms with van der Waals surface area (Å²) in [7, 11) is 0. The van der Waals surface area contributed by atoms with E-state index in [-0.39, 0.29) is 11.7 Å². The number of benzene rings is 2. The summed E-state index contributed by atoms with van der Waals surface area (Å²) in [4.78, 5) is 13.1. The van der Waals surface area contributed by atoms with E-state index < -0.39 is 11.2 Å². The van der Waals surface area contributed by atoms with Crippen molar-refractivity contribution in [3.8, 4) is 11.5 Å². The third-order valence-corrected chi connectivity index (χ3v) is 6.20. The average Bonchev–Trinajstić information content (AvgIpc) is 3.21. The minimum absolute atomic E-state index is 0.0465. The lowest BCUT2D eigenvalue weighted by Crippen LogP contribution is -2.46. The van der Waals surface area contributed by atoms with Gasteiger partial charge in [0.05, 0.1) is 5.41 Å². The van der Waals surface area contributed by atoms with Crippen LogP contribution in [0.15, 0.2) is 42.5 Å². The number of nitrogens with one attached hydrogen (secondary N) is 1. The lowest BCUT2D eigenvalue weighted by Gasteiger charge is -2.40. The van der Waals surface area contributed by atoms with Gasteiger partial charge in [-0.2, -0.15) is 0 Å². The van der Waals surface area contributed by atoms with Crippen LogP contribution in [0.4, 0.5) is 10.1 Å². The second kappa shape index (κ2) is 5.98. The fourth-order valence-electron chi connectivity index (χ4n) is 4.49. The molecule has 5 heteroatoms. The fourth-order valence-corrected chi connectivity index (χ4v) is 4.49. The number of anilines is 1. The second-order valence-electron chi connectivity index (χ2n) is 7.88. The molecule has 4 nitrogen and oxygen atoms in total. The van der Waals surface area contributed by atoms with Crippen LogP contribution < -0.4 is 14.8 Å². The molecule has 1 heterocycles. The number of carbonyl (C=O) groups excluding carboxylic acids is 1. The number of hydrogen-bond donors (Lipinski definition) is 1. The van der Waals surface area contributed by atoms with Crippen molar-refractivity contribution in [3.63, 3.8) is 0 Å². The van der Waals surface area contributed by atoms with Crippen molar-refractivity contribution in [3.05, 3.63) is 53.8 Å². The normalized spacial score (nSPS) is 21.1. The number of fused-ring (bicyclic) bond motifs is 1. The molecule has 140 valence electrons. The largest absolute Gasteiger partial charge is 0.448 e. The zero-order valence-corrected chi connectivity index (χ0v) is 15.1. The molecule has 2 saturated carbocycles. The monoisotopic (exact) mass is 367 g/mol. The molecule has 0 unspecified atom stereocenters. The van der Waals surface area contributed by atoms with Crippen LogP contribution in [-0.2, 0) is 10.2 Å². The van der Waals surface area contributed by atoms with Gasteiger partial charge in [-0.3, -0.25) is 4.79 Å². The molecule has 3 aliphatic rings. The van der Waals surface area contributed by atoms with E-state index in [0.29, 0.717) is 11.4 Å². The van der Waals surface area contributed by atoms with Crippen LogP contribution in [0.1, 0.15) is 50.5 Å². The van der Waals surface area contributed by atoms with Gasteiger partial charge in [0, 0.05) is 24.6 Å². The third-order valence-electron chi connectivity index (χ3n) is 6.20. The maximum atomic E-state index is 13.3. The first-order chi connectivity index (χ1) is 13.1. The zero-order chi connectivity index (χ0) is 18.5. The van der Waals surface area contributed by atoms with Crippen LogP contribution in [0.25, 0.3) is 0 Å². The Morgan fingerprint density at radius 2 is 1.59 bits per heavy atom. The fraction of sp³-hybridized carbons (Fsp3) is 0.409. The van der Waals surface area contributed by atoms with Gasteiger partial charge < -0.3 is 14.8 Å². The van der Waals surface area contributed by atoms with Crippen molar-refractivity contribution in [2.24, 2.45) is 0 Å². The van der Waals surface area contributed by atoms with Gasteiger partial charge in [-0.05, 0) is 55.5 Å². The van der Waals surface area contributed by atoms with Gasteiger partial charge in [0.25, 0.3) is 5.79 Å². The molecular weight excluding hydrogens is 345 g/mol. The Morgan fingerprint density at radius 1 is 0.889 bits per heavy atom. The second-order valence-corrected chi connectivity index (χ2v) is 7.88. The van der Waals surface area contributed by atoms with Gasteiger partial charge >= 0.3 is 0 Å². The minimum Gasteiger partial charge on any atom is -0.448 e. The van der Waals surface area contributed by atoms with E-state index in [4.69, 9.17) is 9.47 Å². The van der Waals surface area contributed by atoms with Crippen LogP contribution in [0, 0.1) is 5.82 Å². The maximum absolute atomic E-state index is 13.3. The molecule has 0 aromatic heterocycles. The highest BCUT2D eigenvalue weighted by Crippen LogP contribution is 2.48. The van der Waals surface area contributed by atoms with E-state index in [9.17, 15) is 9.18 Å². The molecule has 1 spiro atoms. The van der Waals surface area contributed by atoms with Crippen LogP contribution in [0.2, 0.25) is 0 Å². The lowest BCUT2D eigenvalue weighted by atomic mass is 9.64. The van der Waals surface area contributed by atoms with Gasteiger partial charge in [0.1, 0.15) is 5.82 Å². The predicted octanol–water partition coefficient (Wildman–Crippen LogP) is 4.93. The van der Waals surface area contributed by atoms with E-state index >= 15 is 0 Å². The van der Waals surface area contributed by atoms with Crippen molar-refractivity contribution in [1.82, 2.24) is 0 Å². The Labute approximate surface area is 157 Å². The maximum Gasteiger partial charge on any atom is 0.251 e. The highest BCUT2D eigenvalue weighted by atomic mass is 19.1. The van der Waals surface area contributed by atoms with E-state index in [2.05, 4.69) is 5.32 Å². The van der Waals surface area contributed by atoms with Crippen molar-refractivity contribution in [2.75, 3.05) is 5.32 Å². The van der Waals surface area contributed by atoms with Gasteiger partial charge in [0.15, 0.2) is 11.5 Å². The number of ether oxygens (including phenoxy) is 2. The van der Waals surface area contributed by atoms with E-state index in [1.54, 1.807) is 12.1 Å². The summed E-state index contributed by atoms with van der Waals surface area (Å²) >= 11 is 0. The van der Waals surface area contributed by atoms with Crippen molar-refractivity contribution >= 4 is 11.6 Å². The zero-order valence-electron chi connectivity index (χ0n) is 15.1. The number of halogens is 1. The van der Waals surface area contributed by atoms with E-state index in [1.165, 1.54) is 12.1 Å². The summed E-state index contributed by atoms with van der Waals surface area (Å²) in [6.07, 6.45) is 6.56. The van der Waals surface area contributed by atoms with E-state index in [0.717, 1.165) is 56.3 Å². The van der Waals surface area contributed by atoms with Crippen molar-refractivity contribution < 1.29 is 18.7 Å². The smallest absolute Gasteiger partial charge is 0.251 e. The summed E-state index contributed by atoms with van der Waals surface area (Å²) in [5, 5.41) is 3.04. The summed E-state index contributed by atoms with van der Waals surface area (Å²) < 4.78 is 25.4. The number of rotatable bonds is 3. The Kier molecular flexibility index (Phi) is 3.67. The number of hydrogen-bond acceptors (Lipinski definition) is 3. The molecule has 0 saturated heterocycles. The van der Waals surface area contributed by atoms with Gasteiger partial charge in [-0.25, -0.2) is 4.39 Å². The van der Waals surface area contributed by atoms with Crippen LogP contribution in [0.5, 0.6) is 11.5 Å². The van der Waals surface area contributed by atoms with Crippen LogP contribution >= 0.6 is 0 Å². The summed E-state index contributed by atoms with van der Waals surface area (Å²) in [5.41, 5.74) is 1.00. The quantitative estimate of drug-likeness (QED) is 0.837. The molecule has 2 aromatic rings. The predicted molar refractivity (Wildman–Crippen MR) is 99.5 cm³/mol. The van der Waals surface area contributed by atoms with Crippen molar-refractivity contribution in [2.45, 2.75) is 56.1 Å². The Bertz CT molecular complexity index is 883. The standard InChI is InChI=1S/C22H22FNO3/c23-16-6-4-15(5-7-16)21(10-3-11-21)20(25)24-17-8-9-18-19(14-17)27-22(26-18)12-1-2-13-22/h4-9,14H,1-3,10-13H2,(H,24,25). The number of amides is 1. The van der Waals surface area contributed by atoms with Gasteiger partial charge in [-0.1, -0.05) is 18.6 Å². The van der Waals surface area contributed by atoms with E-state index in [1.807, 2.05) is 18.2 Å². The molecule has 2 aliphatic carbocycles. The first-order valence-corrected chi connectivity index (χ1v) is 9.68. The molecule has 0 bridgehead atoms. The van der Waals surface area contributed by atoms with Crippen LogP contribution in [-0.4, -0.2) is 11.7 Å². The summed E-state index contributed by atoms with van der Waals surface area (Å²) in [6, 6.07) is 11.8.